The van der Waals surface area contributed by atoms with Crippen LogP contribution in [0.5, 0.6) is 5.75 Å². The number of carbonyl (C=O) groups excluding carboxylic acids is 1. The number of carbonyl (C=O) groups is 1. The highest BCUT2D eigenvalue weighted by Crippen LogP contribution is 2.22. The molecule has 0 radical (unpaired) electrons. The van der Waals surface area contributed by atoms with E-state index in [1.54, 1.807) is 19.5 Å². The lowest BCUT2D eigenvalue weighted by atomic mass is 10.1. The van der Waals surface area contributed by atoms with Gasteiger partial charge in [-0.15, -0.1) is 24.8 Å². The Labute approximate surface area is 154 Å². The molecule has 0 aliphatic heterocycles. The molecule has 0 saturated carbocycles. The summed E-state index contributed by atoms with van der Waals surface area (Å²) in [7, 11) is 1.63. The second-order valence-electron chi connectivity index (χ2n) is 5.21. The van der Waals surface area contributed by atoms with Gasteiger partial charge in [0.1, 0.15) is 5.75 Å². The number of halogens is 2. The van der Waals surface area contributed by atoms with Crippen LogP contribution in [0.4, 0.5) is 0 Å². The Morgan fingerprint density at radius 3 is 2.46 bits per heavy atom. The number of nitrogens with zero attached hydrogens (tertiary/aromatic N) is 1. The molecule has 1 amide bonds. The van der Waals surface area contributed by atoms with Crippen molar-refractivity contribution in [3.05, 3.63) is 48.3 Å². The number of hydrogen-bond acceptors (Lipinski definition) is 4. The summed E-state index contributed by atoms with van der Waals surface area (Å²) >= 11 is 0. The van der Waals surface area contributed by atoms with Crippen LogP contribution < -0.4 is 15.8 Å². The van der Waals surface area contributed by atoms with Crippen molar-refractivity contribution >= 4 is 30.7 Å². The van der Waals surface area contributed by atoms with Gasteiger partial charge in [-0.05, 0) is 37.1 Å². The maximum Gasteiger partial charge on any atom is 0.252 e. The molecule has 132 valence electrons. The lowest BCUT2D eigenvalue weighted by molar-refractivity contribution is 0.0952. The maximum absolute atomic E-state index is 12.1. The molecule has 5 nitrogen and oxygen atoms in total. The van der Waals surface area contributed by atoms with Gasteiger partial charge in [-0.25, -0.2) is 0 Å². The third-order valence-electron chi connectivity index (χ3n) is 3.31. The predicted molar refractivity (Wildman–Crippen MR) is 101 cm³/mol. The van der Waals surface area contributed by atoms with Gasteiger partial charge in [0.15, 0.2) is 0 Å². The van der Waals surface area contributed by atoms with Crippen molar-refractivity contribution in [2.75, 3.05) is 13.7 Å². The molecule has 1 unspecified atom stereocenters. The molecule has 24 heavy (non-hydrogen) atoms. The van der Waals surface area contributed by atoms with Gasteiger partial charge in [0.25, 0.3) is 5.91 Å². The molecule has 2 aromatic rings. The molecule has 1 aromatic heterocycles. The molecule has 0 aliphatic rings. The van der Waals surface area contributed by atoms with Crippen LogP contribution in [-0.2, 0) is 0 Å². The van der Waals surface area contributed by atoms with Crippen LogP contribution >= 0.6 is 24.8 Å². The van der Waals surface area contributed by atoms with Crippen molar-refractivity contribution in [2.45, 2.75) is 19.4 Å². The maximum atomic E-state index is 12.1. The number of benzene rings is 1. The summed E-state index contributed by atoms with van der Waals surface area (Å²) < 4.78 is 5.14. The Morgan fingerprint density at radius 1 is 1.21 bits per heavy atom. The van der Waals surface area contributed by atoms with E-state index in [1.807, 2.05) is 37.3 Å². The van der Waals surface area contributed by atoms with E-state index in [2.05, 4.69) is 10.3 Å². The molecule has 2 rings (SSSR count). The summed E-state index contributed by atoms with van der Waals surface area (Å²) in [4.78, 5) is 16.2. The fourth-order valence-electron chi connectivity index (χ4n) is 2.02. The Balaban J connectivity index is 0.00000264. The highest BCUT2D eigenvalue weighted by atomic mass is 35.5. The topological polar surface area (TPSA) is 77.2 Å². The van der Waals surface area contributed by atoms with Crippen molar-refractivity contribution in [1.82, 2.24) is 10.3 Å². The average Bonchev–Trinajstić information content (AvgIpc) is 2.54. The quantitative estimate of drug-likeness (QED) is 0.817. The molecular weight excluding hydrogens is 349 g/mol. The van der Waals surface area contributed by atoms with E-state index >= 15 is 0 Å². The van der Waals surface area contributed by atoms with E-state index in [-0.39, 0.29) is 36.8 Å². The summed E-state index contributed by atoms with van der Waals surface area (Å²) in [5.41, 5.74) is 8.08. The largest absolute Gasteiger partial charge is 0.497 e. The Kier molecular flexibility index (Phi) is 10.0. The monoisotopic (exact) mass is 371 g/mol. The first-order valence-electron chi connectivity index (χ1n) is 7.23. The van der Waals surface area contributed by atoms with Crippen molar-refractivity contribution in [1.29, 1.82) is 0 Å². The van der Waals surface area contributed by atoms with Gasteiger partial charge in [0.2, 0.25) is 0 Å². The summed E-state index contributed by atoms with van der Waals surface area (Å²) in [6.45, 7) is 2.47. The minimum absolute atomic E-state index is 0. The Morgan fingerprint density at radius 2 is 1.88 bits per heavy atom. The van der Waals surface area contributed by atoms with Gasteiger partial charge in [0, 0.05) is 30.5 Å². The van der Waals surface area contributed by atoms with E-state index in [1.165, 1.54) is 0 Å². The third kappa shape index (κ3) is 6.35. The Bertz CT molecular complexity index is 634. The molecular formula is C17H23Cl2N3O2. The highest BCUT2D eigenvalue weighted by molar-refractivity contribution is 5.95. The summed E-state index contributed by atoms with van der Waals surface area (Å²) in [6.07, 6.45) is 4.05. The lowest BCUT2D eigenvalue weighted by Gasteiger charge is -2.08. The smallest absolute Gasteiger partial charge is 0.252 e. The first-order chi connectivity index (χ1) is 10.6. The van der Waals surface area contributed by atoms with Gasteiger partial charge in [0.05, 0.1) is 12.7 Å². The first kappa shape index (κ1) is 22.2. The number of hydrogen-bond donors (Lipinski definition) is 2. The first-order valence-corrected chi connectivity index (χ1v) is 7.23. The molecule has 0 fully saturated rings. The van der Waals surface area contributed by atoms with E-state index in [0.717, 1.165) is 23.3 Å². The zero-order valence-electron chi connectivity index (χ0n) is 13.7. The van der Waals surface area contributed by atoms with Crippen LogP contribution in [0.2, 0.25) is 0 Å². The second kappa shape index (κ2) is 10.9. The number of rotatable bonds is 6. The van der Waals surface area contributed by atoms with Gasteiger partial charge >= 0.3 is 0 Å². The van der Waals surface area contributed by atoms with Gasteiger partial charge in [-0.3, -0.25) is 9.78 Å². The minimum atomic E-state index is -0.136. The second-order valence-corrected chi connectivity index (χ2v) is 5.21. The van der Waals surface area contributed by atoms with Crippen LogP contribution in [0.3, 0.4) is 0 Å². The molecule has 7 heteroatoms. The van der Waals surface area contributed by atoms with Crippen LogP contribution in [0.15, 0.2) is 42.7 Å². The highest BCUT2D eigenvalue weighted by Gasteiger charge is 2.08. The Hall–Kier alpha value is -1.82. The summed E-state index contributed by atoms with van der Waals surface area (Å²) in [5.74, 6) is 0.657. The van der Waals surface area contributed by atoms with Crippen molar-refractivity contribution in [3.63, 3.8) is 0 Å². The average molecular weight is 372 g/mol. The SMILES string of the molecule is COc1ccc(-c2cncc(C(=O)NCCC(C)N)c2)cc1.Cl.Cl. The molecule has 0 bridgehead atoms. The molecule has 1 atom stereocenters. The van der Waals surface area contributed by atoms with Crippen LogP contribution in [0, 0.1) is 0 Å². The van der Waals surface area contributed by atoms with E-state index in [0.29, 0.717) is 12.1 Å². The number of ether oxygens (including phenoxy) is 1. The standard InChI is InChI=1S/C17H21N3O2.2ClH/c1-12(18)7-8-20-17(21)15-9-14(10-19-11-15)13-3-5-16(22-2)6-4-13;;/h3-6,9-12H,7-8,18H2,1-2H3,(H,20,21);2*1H. The number of aromatic nitrogens is 1. The molecule has 1 heterocycles. The van der Waals surface area contributed by atoms with Gasteiger partial charge in [-0.2, -0.15) is 0 Å². The van der Waals surface area contributed by atoms with Crippen molar-refractivity contribution in [2.24, 2.45) is 5.73 Å². The summed E-state index contributed by atoms with van der Waals surface area (Å²) in [5, 5.41) is 2.85. The van der Waals surface area contributed by atoms with Crippen LogP contribution in [-0.4, -0.2) is 30.6 Å². The fourth-order valence-corrected chi connectivity index (χ4v) is 2.02. The number of amides is 1. The minimum Gasteiger partial charge on any atom is -0.497 e. The zero-order valence-corrected chi connectivity index (χ0v) is 15.3. The van der Waals surface area contributed by atoms with E-state index in [4.69, 9.17) is 10.5 Å². The normalized spacial score (nSPS) is 10.8. The number of nitrogens with two attached hydrogens (primary N) is 1. The molecule has 0 aliphatic carbocycles. The van der Waals surface area contributed by atoms with Crippen molar-refractivity contribution in [3.8, 4) is 16.9 Å². The van der Waals surface area contributed by atoms with Crippen LogP contribution in [0.1, 0.15) is 23.7 Å². The van der Waals surface area contributed by atoms with Crippen LogP contribution in [0.25, 0.3) is 11.1 Å². The number of nitrogens with one attached hydrogen (secondary N) is 1. The van der Waals surface area contributed by atoms with E-state index < -0.39 is 0 Å². The molecule has 0 spiro atoms. The number of methoxy groups -OCH3 is 1. The van der Waals surface area contributed by atoms with Gasteiger partial charge in [-0.1, -0.05) is 12.1 Å². The zero-order chi connectivity index (χ0) is 15.9. The predicted octanol–water partition coefficient (Wildman–Crippen LogP) is 3.07. The van der Waals surface area contributed by atoms with E-state index in [9.17, 15) is 4.79 Å². The summed E-state index contributed by atoms with van der Waals surface area (Å²) in [6, 6.07) is 9.54. The van der Waals surface area contributed by atoms with Gasteiger partial charge < -0.3 is 15.8 Å². The fraction of sp³-hybridized carbons (Fsp3) is 0.294. The molecule has 3 N–H and O–H groups in total. The molecule has 0 saturated heterocycles. The number of pyridine rings is 1. The van der Waals surface area contributed by atoms with Crippen molar-refractivity contribution < 1.29 is 9.53 Å². The lowest BCUT2D eigenvalue weighted by Crippen LogP contribution is -2.29. The third-order valence-corrected chi connectivity index (χ3v) is 3.31. The molecule has 1 aromatic carbocycles.